The van der Waals surface area contributed by atoms with Crippen molar-refractivity contribution in [3.8, 4) is 0 Å². The summed E-state index contributed by atoms with van der Waals surface area (Å²) in [6.45, 7) is 0. The van der Waals surface area contributed by atoms with Crippen LogP contribution in [0.3, 0.4) is 0 Å². The molecule has 0 aliphatic carbocycles. The second-order valence-corrected chi connectivity index (χ2v) is 2.85. The molecule has 1 nitrogen and oxygen atoms in total. The van der Waals surface area contributed by atoms with Crippen LogP contribution in [-0.2, 0) is 0 Å². The van der Waals surface area contributed by atoms with Crippen LogP contribution < -0.4 is 0 Å². The third-order valence-electron chi connectivity index (χ3n) is 1.56. The molecule has 3 heteroatoms. The largest absolute Gasteiger partial charge is 0.298 e. The average molecular weight is 196 g/mol. The Morgan fingerprint density at radius 2 is 2.23 bits per heavy atom. The number of carbonyl (C=O) groups is 1. The van der Waals surface area contributed by atoms with E-state index in [2.05, 4.69) is 12.6 Å². The summed E-state index contributed by atoms with van der Waals surface area (Å²) in [6.07, 6.45) is 4.12. The molecule has 0 bridgehead atoms. The van der Waals surface area contributed by atoms with Crippen molar-refractivity contribution in [1.29, 1.82) is 0 Å². The Morgan fingerprint density at radius 3 is 2.85 bits per heavy atom. The van der Waals surface area contributed by atoms with E-state index in [4.69, 9.17) is 0 Å². The standard InChI is InChI=1S/C10H9FOS/c11-10-4-3-8(2-1-5-13)6-9(10)7-12/h1-4,6-7,13H,5H2. The molecular formula is C10H9FOS. The molecule has 0 aromatic heterocycles. The molecule has 1 rings (SSSR count). The van der Waals surface area contributed by atoms with Gasteiger partial charge in [0.15, 0.2) is 6.29 Å². The SMILES string of the molecule is O=Cc1cc(C=CCS)ccc1F. The molecular weight excluding hydrogens is 187 g/mol. The Hall–Kier alpha value is -1.09. The van der Waals surface area contributed by atoms with Gasteiger partial charge in [0, 0.05) is 5.75 Å². The maximum atomic E-state index is 12.8. The van der Waals surface area contributed by atoms with Gasteiger partial charge in [0.1, 0.15) is 5.82 Å². The van der Waals surface area contributed by atoms with Crippen molar-refractivity contribution in [1.82, 2.24) is 0 Å². The molecule has 1 aromatic carbocycles. The third kappa shape index (κ3) is 2.70. The van der Waals surface area contributed by atoms with Crippen molar-refractivity contribution in [3.63, 3.8) is 0 Å². The van der Waals surface area contributed by atoms with Crippen LogP contribution in [0.2, 0.25) is 0 Å². The van der Waals surface area contributed by atoms with Crippen molar-refractivity contribution >= 4 is 25.0 Å². The summed E-state index contributed by atoms with van der Waals surface area (Å²) in [5.74, 6) is 0.131. The van der Waals surface area contributed by atoms with Crippen molar-refractivity contribution in [2.24, 2.45) is 0 Å². The molecule has 0 aliphatic rings. The Balaban J connectivity index is 2.99. The summed E-state index contributed by atoms with van der Waals surface area (Å²) in [7, 11) is 0. The van der Waals surface area contributed by atoms with Gasteiger partial charge in [0.05, 0.1) is 5.56 Å². The molecule has 1 aromatic rings. The fourth-order valence-electron chi connectivity index (χ4n) is 0.945. The average Bonchev–Trinajstić information content (AvgIpc) is 2.16. The molecule has 0 fully saturated rings. The number of rotatable bonds is 3. The lowest BCUT2D eigenvalue weighted by Crippen LogP contribution is -1.87. The van der Waals surface area contributed by atoms with E-state index in [1.165, 1.54) is 12.1 Å². The summed E-state index contributed by atoms with van der Waals surface area (Å²) >= 11 is 3.99. The van der Waals surface area contributed by atoms with Crippen molar-refractivity contribution < 1.29 is 9.18 Å². The minimum absolute atomic E-state index is 0.0846. The van der Waals surface area contributed by atoms with Crippen LogP contribution in [0.25, 0.3) is 6.08 Å². The molecule has 0 saturated heterocycles. The van der Waals surface area contributed by atoms with Crippen molar-refractivity contribution in [2.75, 3.05) is 5.75 Å². The maximum Gasteiger partial charge on any atom is 0.153 e. The second-order valence-electron chi connectivity index (χ2n) is 2.48. The highest BCUT2D eigenvalue weighted by Crippen LogP contribution is 2.09. The zero-order chi connectivity index (χ0) is 9.68. The topological polar surface area (TPSA) is 17.1 Å². The molecule has 0 heterocycles. The first-order valence-electron chi connectivity index (χ1n) is 3.80. The first-order valence-corrected chi connectivity index (χ1v) is 4.43. The summed E-state index contributed by atoms with van der Waals surface area (Å²) < 4.78 is 12.8. The lowest BCUT2D eigenvalue weighted by atomic mass is 10.1. The lowest BCUT2D eigenvalue weighted by molar-refractivity contribution is 0.112. The predicted octanol–water partition coefficient (Wildman–Crippen LogP) is 2.58. The fourth-order valence-corrected chi connectivity index (χ4v) is 1.05. The molecule has 0 N–H and O–H groups in total. The van der Waals surface area contributed by atoms with E-state index in [0.29, 0.717) is 12.0 Å². The highest BCUT2D eigenvalue weighted by Gasteiger charge is 1.99. The number of aldehydes is 1. The Morgan fingerprint density at radius 1 is 1.46 bits per heavy atom. The Kier molecular flexibility index (Phi) is 3.71. The molecule has 13 heavy (non-hydrogen) atoms. The molecule has 0 radical (unpaired) electrons. The van der Waals surface area contributed by atoms with Crippen LogP contribution in [0.4, 0.5) is 4.39 Å². The first-order chi connectivity index (χ1) is 6.27. The van der Waals surface area contributed by atoms with Crippen LogP contribution in [0.5, 0.6) is 0 Å². The molecule has 0 spiro atoms. The molecule has 0 aliphatic heterocycles. The highest BCUT2D eigenvalue weighted by molar-refractivity contribution is 7.80. The number of halogens is 1. The number of hydrogen-bond donors (Lipinski definition) is 1. The Bertz CT molecular complexity index is 334. The Labute approximate surface area is 81.7 Å². The smallest absolute Gasteiger partial charge is 0.153 e. The monoisotopic (exact) mass is 196 g/mol. The van der Waals surface area contributed by atoms with Gasteiger partial charge in [-0.25, -0.2) is 4.39 Å². The van der Waals surface area contributed by atoms with E-state index in [9.17, 15) is 9.18 Å². The third-order valence-corrected chi connectivity index (χ3v) is 1.77. The molecule has 0 unspecified atom stereocenters. The number of benzene rings is 1. The van der Waals surface area contributed by atoms with E-state index >= 15 is 0 Å². The molecule has 0 atom stereocenters. The molecule has 0 amide bonds. The minimum atomic E-state index is -0.488. The summed E-state index contributed by atoms with van der Waals surface area (Å²) in [5, 5.41) is 0. The number of carbonyl (C=O) groups excluding carboxylic acids is 1. The minimum Gasteiger partial charge on any atom is -0.298 e. The summed E-state index contributed by atoms with van der Waals surface area (Å²) in [4.78, 5) is 10.4. The van der Waals surface area contributed by atoms with Gasteiger partial charge in [-0.3, -0.25) is 4.79 Å². The van der Waals surface area contributed by atoms with Gasteiger partial charge >= 0.3 is 0 Å². The zero-order valence-electron chi connectivity index (χ0n) is 6.90. The molecule has 0 saturated carbocycles. The second kappa shape index (κ2) is 4.82. The predicted molar refractivity (Wildman–Crippen MR) is 54.7 cm³/mol. The van der Waals surface area contributed by atoms with Gasteiger partial charge in [-0.2, -0.15) is 12.6 Å². The number of thiol groups is 1. The highest BCUT2D eigenvalue weighted by atomic mass is 32.1. The van der Waals surface area contributed by atoms with E-state index in [1.54, 1.807) is 12.1 Å². The molecule has 68 valence electrons. The van der Waals surface area contributed by atoms with Gasteiger partial charge < -0.3 is 0 Å². The van der Waals surface area contributed by atoms with Crippen LogP contribution in [-0.4, -0.2) is 12.0 Å². The van der Waals surface area contributed by atoms with Crippen molar-refractivity contribution in [2.45, 2.75) is 0 Å². The number of hydrogen-bond acceptors (Lipinski definition) is 2. The van der Waals surface area contributed by atoms with Crippen LogP contribution in [0.15, 0.2) is 24.3 Å². The van der Waals surface area contributed by atoms with Crippen molar-refractivity contribution in [3.05, 3.63) is 41.2 Å². The summed E-state index contributed by atoms with van der Waals surface area (Å²) in [6, 6.07) is 4.40. The van der Waals surface area contributed by atoms with Gasteiger partial charge in [-0.1, -0.05) is 18.2 Å². The normalized spacial score (nSPS) is 10.6. The summed E-state index contributed by atoms with van der Waals surface area (Å²) in [5.41, 5.74) is 0.888. The van der Waals surface area contributed by atoms with E-state index in [0.717, 1.165) is 5.56 Å². The van der Waals surface area contributed by atoms with E-state index < -0.39 is 5.82 Å². The van der Waals surface area contributed by atoms with Crippen LogP contribution >= 0.6 is 12.6 Å². The quantitative estimate of drug-likeness (QED) is 0.581. The first kappa shape index (κ1) is 9.99. The maximum absolute atomic E-state index is 12.8. The van der Waals surface area contributed by atoms with Crippen LogP contribution in [0.1, 0.15) is 15.9 Å². The van der Waals surface area contributed by atoms with Gasteiger partial charge in [0.25, 0.3) is 0 Å². The van der Waals surface area contributed by atoms with Gasteiger partial charge in [-0.05, 0) is 17.7 Å². The fraction of sp³-hybridized carbons (Fsp3) is 0.100. The van der Waals surface area contributed by atoms with Gasteiger partial charge in [-0.15, -0.1) is 0 Å². The van der Waals surface area contributed by atoms with E-state index in [1.807, 2.05) is 6.08 Å². The van der Waals surface area contributed by atoms with Gasteiger partial charge in [0.2, 0.25) is 0 Å². The lowest BCUT2D eigenvalue weighted by Gasteiger charge is -1.96. The van der Waals surface area contributed by atoms with E-state index in [-0.39, 0.29) is 5.56 Å². The van der Waals surface area contributed by atoms with Crippen LogP contribution in [0, 0.1) is 5.82 Å². The zero-order valence-corrected chi connectivity index (χ0v) is 7.80.